The van der Waals surface area contributed by atoms with Gasteiger partial charge in [-0.25, -0.2) is 0 Å². The Bertz CT molecular complexity index is 564. The Hall–Kier alpha value is -1.55. The number of carboxylic acids is 1. The maximum absolute atomic E-state index is 11.2. The van der Waals surface area contributed by atoms with Crippen LogP contribution in [0.4, 0.5) is 0 Å². The summed E-state index contributed by atoms with van der Waals surface area (Å²) in [6, 6.07) is 6.53. The van der Waals surface area contributed by atoms with E-state index >= 15 is 0 Å². The first kappa shape index (κ1) is 16.3. The SMILES string of the molecule is COc1ccc(C2CC(C(=O)O)CN2)cc1C1CCC(C)CC1. The minimum absolute atomic E-state index is 0.142. The second kappa shape index (κ2) is 6.91. The molecular weight excluding hydrogens is 290 g/mol. The van der Waals surface area contributed by atoms with E-state index in [2.05, 4.69) is 30.4 Å². The predicted octanol–water partition coefficient (Wildman–Crippen LogP) is 3.72. The molecule has 4 heteroatoms. The standard InChI is InChI=1S/C19H27NO3/c1-12-3-5-13(6-4-12)16-9-14(7-8-18(16)23-2)17-10-15(11-20-17)19(21)22/h7-9,12-13,15,17,20H,3-6,10-11H2,1-2H3,(H,21,22). The lowest BCUT2D eigenvalue weighted by molar-refractivity contribution is -0.141. The monoisotopic (exact) mass is 317 g/mol. The van der Waals surface area contributed by atoms with Gasteiger partial charge in [-0.1, -0.05) is 31.9 Å². The average molecular weight is 317 g/mol. The lowest BCUT2D eigenvalue weighted by atomic mass is 9.78. The number of rotatable bonds is 4. The van der Waals surface area contributed by atoms with Gasteiger partial charge < -0.3 is 15.2 Å². The number of hydrogen-bond acceptors (Lipinski definition) is 3. The van der Waals surface area contributed by atoms with Crippen LogP contribution in [-0.2, 0) is 4.79 Å². The largest absolute Gasteiger partial charge is 0.496 e. The van der Waals surface area contributed by atoms with Crippen molar-refractivity contribution in [2.24, 2.45) is 11.8 Å². The van der Waals surface area contributed by atoms with Crippen LogP contribution in [0.5, 0.6) is 5.75 Å². The van der Waals surface area contributed by atoms with Crippen molar-refractivity contribution in [3.05, 3.63) is 29.3 Å². The van der Waals surface area contributed by atoms with E-state index < -0.39 is 5.97 Å². The third kappa shape index (κ3) is 3.52. The number of carboxylic acid groups (broad SMARTS) is 1. The van der Waals surface area contributed by atoms with Gasteiger partial charge in [0.15, 0.2) is 0 Å². The van der Waals surface area contributed by atoms with E-state index in [1.54, 1.807) is 7.11 Å². The summed E-state index contributed by atoms with van der Waals surface area (Å²) in [5.41, 5.74) is 2.50. The molecule has 2 atom stereocenters. The molecule has 1 heterocycles. The number of hydrogen-bond donors (Lipinski definition) is 2. The van der Waals surface area contributed by atoms with Gasteiger partial charge in [-0.05, 0) is 48.3 Å². The normalized spacial score (nSPS) is 31.0. The van der Waals surface area contributed by atoms with Crippen molar-refractivity contribution in [1.82, 2.24) is 5.32 Å². The first-order valence-corrected chi connectivity index (χ1v) is 8.72. The van der Waals surface area contributed by atoms with E-state index in [1.165, 1.54) is 36.8 Å². The number of ether oxygens (including phenoxy) is 1. The van der Waals surface area contributed by atoms with E-state index in [9.17, 15) is 9.90 Å². The molecule has 1 saturated carbocycles. The molecule has 2 aliphatic rings. The number of benzene rings is 1. The van der Waals surface area contributed by atoms with Crippen molar-refractivity contribution in [3.63, 3.8) is 0 Å². The molecule has 1 aliphatic heterocycles. The minimum Gasteiger partial charge on any atom is -0.496 e. The topological polar surface area (TPSA) is 58.6 Å². The molecule has 3 rings (SSSR count). The highest BCUT2D eigenvalue weighted by Gasteiger charge is 2.31. The molecule has 1 saturated heterocycles. The zero-order chi connectivity index (χ0) is 16.4. The average Bonchev–Trinajstić information content (AvgIpc) is 3.05. The van der Waals surface area contributed by atoms with Crippen LogP contribution in [-0.4, -0.2) is 24.7 Å². The molecule has 0 spiro atoms. The van der Waals surface area contributed by atoms with Gasteiger partial charge in [-0.15, -0.1) is 0 Å². The van der Waals surface area contributed by atoms with Crippen LogP contribution >= 0.6 is 0 Å². The number of carbonyl (C=O) groups is 1. The molecule has 2 unspecified atom stereocenters. The molecule has 0 radical (unpaired) electrons. The fourth-order valence-corrected chi connectivity index (χ4v) is 4.04. The second-order valence-electron chi connectivity index (χ2n) is 7.19. The Labute approximate surface area is 138 Å². The molecule has 126 valence electrons. The van der Waals surface area contributed by atoms with E-state index in [1.807, 2.05) is 0 Å². The third-order valence-corrected chi connectivity index (χ3v) is 5.59. The molecule has 2 N–H and O–H groups in total. The van der Waals surface area contributed by atoms with Gasteiger partial charge >= 0.3 is 5.97 Å². The molecule has 0 bridgehead atoms. The highest BCUT2D eigenvalue weighted by molar-refractivity contribution is 5.70. The minimum atomic E-state index is -0.699. The second-order valence-corrected chi connectivity index (χ2v) is 7.19. The van der Waals surface area contributed by atoms with Gasteiger partial charge in [0.25, 0.3) is 0 Å². The zero-order valence-electron chi connectivity index (χ0n) is 14.0. The smallest absolute Gasteiger partial charge is 0.307 e. The van der Waals surface area contributed by atoms with Crippen LogP contribution in [0.2, 0.25) is 0 Å². The molecule has 2 fully saturated rings. The van der Waals surface area contributed by atoms with Crippen LogP contribution in [0, 0.1) is 11.8 Å². The molecule has 23 heavy (non-hydrogen) atoms. The Morgan fingerprint density at radius 1 is 1.26 bits per heavy atom. The third-order valence-electron chi connectivity index (χ3n) is 5.59. The number of aliphatic carboxylic acids is 1. The van der Waals surface area contributed by atoms with Gasteiger partial charge in [-0.2, -0.15) is 0 Å². The molecule has 1 aromatic carbocycles. The molecular formula is C19H27NO3. The quantitative estimate of drug-likeness (QED) is 0.888. The van der Waals surface area contributed by atoms with Crippen LogP contribution in [0.3, 0.4) is 0 Å². The van der Waals surface area contributed by atoms with Crippen LogP contribution < -0.4 is 10.1 Å². The van der Waals surface area contributed by atoms with E-state index in [4.69, 9.17) is 4.74 Å². The van der Waals surface area contributed by atoms with Gasteiger partial charge in [-0.3, -0.25) is 4.79 Å². The van der Waals surface area contributed by atoms with E-state index in [0.717, 1.165) is 11.7 Å². The first-order valence-electron chi connectivity index (χ1n) is 8.72. The lowest BCUT2D eigenvalue weighted by Crippen LogP contribution is -2.17. The fraction of sp³-hybridized carbons (Fsp3) is 0.632. The van der Waals surface area contributed by atoms with E-state index in [0.29, 0.717) is 18.9 Å². The lowest BCUT2D eigenvalue weighted by Gasteiger charge is -2.28. The first-order chi connectivity index (χ1) is 11.1. The van der Waals surface area contributed by atoms with Crippen molar-refractivity contribution in [2.75, 3.05) is 13.7 Å². The van der Waals surface area contributed by atoms with Crippen LogP contribution in [0.15, 0.2) is 18.2 Å². The zero-order valence-corrected chi connectivity index (χ0v) is 14.0. The van der Waals surface area contributed by atoms with Crippen molar-refractivity contribution < 1.29 is 14.6 Å². The van der Waals surface area contributed by atoms with Crippen molar-refractivity contribution in [3.8, 4) is 5.75 Å². The molecule has 1 aromatic rings. The Morgan fingerprint density at radius 2 is 2.00 bits per heavy atom. The summed E-state index contributed by atoms with van der Waals surface area (Å²) in [6.45, 7) is 2.89. The van der Waals surface area contributed by atoms with Gasteiger partial charge in [0.05, 0.1) is 13.0 Å². The van der Waals surface area contributed by atoms with Crippen molar-refractivity contribution in [1.29, 1.82) is 0 Å². The summed E-state index contributed by atoms with van der Waals surface area (Å²) in [5.74, 6) is 1.39. The molecule has 4 nitrogen and oxygen atoms in total. The summed E-state index contributed by atoms with van der Waals surface area (Å²) in [7, 11) is 1.73. The number of nitrogens with one attached hydrogen (secondary N) is 1. The molecule has 0 amide bonds. The summed E-state index contributed by atoms with van der Waals surface area (Å²) >= 11 is 0. The summed E-state index contributed by atoms with van der Waals surface area (Å²) in [5, 5.41) is 12.5. The molecule has 0 aromatic heterocycles. The maximum atomic E-state index is 11.2. The van der Waals surface area contributed by atoms with Gasteiger partial charge in [0.2, 0.25) is 0 Å². The van der Waals surface area contributed by atoms with Gasteiger partial charge in [0.1, 0.15) is 5.75 Å². The maximum Gasteiger partial charge on any atom is 0.307 e. The highest BCUT2D eigenvalue weighted by atomic mass is 16.5. The summed E-state index contributed by atoms with van der Waals surface area (Å²) in [4.78, 5) is 11.2. The summed E-state index contributed by atoms with van der Waals surface area (Å²) in [6.07, 6.45) is 5.66. The Balaban J connectivity index is 1.80. The molecule has 1 aliphatic carbocycles. The van der Waals surface area contributed by atoms with Crippen molar-refractivity contribution in [2.45, 2.75) is 51.0 Å². The highest BCUT2D eigenvalue weighted by Crippen LogP contribution is 2.41. The number of methoxy groups -OCH3 is 1. The van der Waals surface area contributed by atoms with E-state index in [-0.39, 0.29) is 12.0 Å². The van der Waals surface area contributed by atoms with Crippen molar-refractivity contribution >= 4 is 5.97 Å². The van der Waals surface area contributed by atoms with Crippen LogP contribution in [0.25, 0.3) is 0 Å². The predicted molar refractivity (Wildman–Crippen MR) is 89.9 cm³/mol. The Morgan fingerprint density at radius 3 is 2.61 bits per heavy atom. The fourth-order valence-electron chi connectivity index (χ4n) is 4.04. The van der Waals surface area contributed by atoms with Gasteiger partial charge in [0, 0.05) is 12.6 Å². The summed E-state index contributed by atoms with van der Waals surface area (Å²) < 4.78 is 5.59. The van der Waals surface area contributed by atoms with Crippen LogP contribution in [0.1, 0.15) is 62.1 Å². The Kier molecular flexibility index (Phi) is 4.90.